The van der Waals surface area contributed by atoms with Crippen molar-refractivity contribution >= 4 is 6.08 Å². The summed E-state index contributed by atoms with van der Waals surface area (Å²) in [7, 11) is 0. The van der Waals surface area contributed by atoms with Crippen LogP contribution in [0.2, 0.25) is 0 Å². The molecule has 3 heteroatoms. The van der Waals surface area contributed by atoms with Crippen molar-refractivity contribution in [3.8, 4) is 28.3 Å². The molecule has 0 bridgehead atoms. The van der Waals surface area contributed by atoms with Gasteiger partial charge in [0.1, 0.15) is 11.4 Å². The van der Waals surface area contributed by atoms with E-state index >= 15 is 0 Å². The van der Waals surface area contributed by atoms with E-state index in [0.717, 1.165) is 46.9 Å². The molecule has 0 unspecified atom stereocenters. The van der Waals surface area contributed by atoms with Crippen LogP contribution >= 0.6 is 0 Å². The second kappa shape index (κ2) is 9.04. The fourth-order valence-electron chi connectivity index (χ4n) is 2.77. The SMILES string of the molecule is C=Cc1ccc(-c2cc(-c3ccc(OCCCCCC)cc3)no2)cc1. The average molecular weight is 347 g/mol. The van der Waals surface area contributed by atoms with Gasteiger partial charge in [0.25, 0.3) is 0 Å². The molecule has 1 heterocycles. The summed E-state index contributed by atoms with van der Waals surface area (Å²) in [5.74, 6) is 1.65. The molecule has 0 N–H and O–H groups in total. The predicted octanol–water partition coefficient (Wildman–Crippen LogP) is 6.61. The molecule has 0 atom stereocenters. The Hall–Kier alpha value is -2.81. The number of benzene rings is 2. The Morgan fingerprint density at radius 2 is 1.69 bits per heavy atom. The van der Waals surface area contributed by atoms with Gasteiger partial charge in [-0.05, 0) is 36.2 Å². The third-order valence-corrected chi connectivity index (χ3v) is 4.36. The van der Waals surface area contributed by atoms with E-state index in [1.807, 2.05) is 60.7 Å². The monoisotopic (exact) mass is 347 g/mol. The minimum Gasteiger partial charge on any atom is -0.494 e. The molecule has 0 amide bonds. The molecule has 0 saturated carbocycles. The molecule has 1 aromatic heterocycles. The Morgan fingerprint density at radius 3 is 2.38 bits per heavy atom. The summed E-state index contributed by atoms with van der Waals surface area (Å²) in [4.78, 5) is 0. The standard InChI is InChI=1S/C23H25NO2/c1-3-5-6-7-16-25-21-14-12-19(13-15-21)22-17-23(26-24-22)20-10-8-18(4-2)9-11-20/h4,8-15,17H,2-3,5-7,16H2,1H3. The number of aromatic nitrogens is 1. The lowest BCUT2D eigenvalue weighted by molar-refractivity contribution is 0.305. The van der Waals surface area contributed by atoms with Crippen molar-refractivity contribution in [1.29, 1.82) is 0 Å². The highest BCUT2D eigenvalue weighted by molar-refractivity contribution is 5.68. The van der Waals surface area contributed by atoms with Crippen LogP contribution in [0.15, 0.2) is 65.7 Å². The first-order valence-corrected chi connectivity index (χ1v) is 9.23. The van der Waals surface area contributed by atoms with E-state index < -0.39 is 0 Å². The summed E-state index contributed by atoms with van der Waals surface area (Å²) < 4.78 is 11.3. The number of rotatable bonds is 9. The van der Waals surface area contributed by atoms with Gasteiger partial charge in [-0.15, -0.1) is 0 Å². The molecular weight excluding hydrogens is 322 g/mol. The Morgan fingerprint density at radius 1 is 0.962 bits per heavy atom. The summed E-state index contributed by atoms with van der Waals surface area (Å²) in [5.41, 5.74) is 3.92. The van der Waals surface area contributed by atoms with Crippen LogP contribution < -0.4 is 4.74 Å². The van der Waals surface area contributed by atoms with E-state index in [-0.39, 0.29) is 0 Å². The lowest BCUT2D eigenvalue weighted by Gasteiger charge is -2.06. The van der Waals surface area contributed by atoms with Crippen molar-refractivity contribution in [2.45, 2.75) is 32.6 Å². The summed E-state index contributed by atoms with van der Waals surface area (Å²) in [6, 6.07) is 18.0. The van der Waals surface area contributed by atoms with Crippen LogP contribution in [0.5, 0.6) is 5.75 Å². The highest BCUT2D eigenvalue weighted by atomic mass is 16.5. The maximum atomic E-state index is 5.79. The molecule has 0 spiro atoms. The number of ether oxygens (including phenoxy) is 1. The van der Waals surface area contributed by atoms with Gasteiger partial charge >= 0.3 is 0 Å². The summed E-state index contributed by atoms with van der Waals surface area (Å²) >= 11 is 0. The maximum absolute atomic E-state index is 5.79. The molecule has 0 aliphatic rings. The van der Waals surface area contributed by atoms with Crippen molar-refractivity contribution in [2.75, 3.05) is 6.61 Å². The van der Waals surface area contributed by atoms with Gasteiger partial charge < -0.3 is 9.26 Å². The normalized spacial score (nSPS) is 10.7. The van der Waals surface area contributed by atoms with Crippen molar-refractivity contribution in [1.82, 2.24) is 5.16 Å². The molecule has 2 aromatic carbocycles. The lowest BCUT2D eigenvalue weighted by Crippen LogP contribution is -1.96. The quantitative estimate of drug-likeness (QED) is 0.408. The summed E-state index contributed by atoms with van der Waals surface area (Å²) in [6.07, 6.45) is 6.67. The largest absolute Gasteiger partial charge is 0.494 e. The molecule has 0 aliphatic heterocycles. The van der Waals surface area contributed by atoms with Crippen LogP contribution in [-0.4, -0.2) is 11.8 Å². The molecule has 0 aliphatic carbocycles. The second-order valence-corrected chi connectivity index (χ2v) is 6.34. The van der Waals surface area contributed by atoms with Crippen molar-refractivity contribution < 1.29 is 9.26 Å². The van der Waals surface area contributed by atoms with E-state index in [2.05, 4.69) is 18.7 Å². The van der Waals surface area contributed by atoms with Gasteiger partial charge in [0.05, 0.1) is 6.61 Å². The Kier molecular flexibility index (Phi) is 6.26. The molecule has 3 nitrogen and oxygen atoms in total. The van der Waals surface area contributed by atoms with Crippen LogP contribution in [0.25, 0.3) is 28.7 Å². The Labute approximate surface area is 155 Å². The van der Waals surface area contributed by atoms with Gasteiger partial charge in [0.2, 0.25) is 0 Å². The van der Waals surface area contributed by atoms with Crippen LogP contribution in [-0.2, 0) is 0 Å². The fraction of sp³-hybridized carbons (Fsp3) is 0.261. The zero-order valence-electron chi connectivity index (χ0n) is 15.3. The molecule has 0 radical (unpaired) electrons. The second-order valence-electron chi connectivity index (χ2n) is 6.34. The summed E-state index contributed by atoms with van der Waals surface area (Å²) in [6.45, 7) is 6.76. The minimum absolute atomic E-state index is 0.756. The average Bonchev–Trinajstić information content (AvgIpc) is 3.18. The zero-order chi connectivity index (χ0) is 18.2. The molecule has 0 saturated heterocycles. The van der Waals surface area contributed by atoms with Crippen molar-refractivity contribution in [3.05, 3.63) is 66.7 Å². The molecule has 134 valence electrons. The van der Waals surface area contributed by atoms with Crippen LogP contribution in [0.4, 0.5) is 0 Å². The van der Waals surface area contributed by atoms with Crippen LogP contribution in [0.1, 0.15) is 38.2 Å². The van der Waals surface area contributed by atoms with Gasteiger partial charge in [0.15, 0.2) is 5.76 Å². The number of hydrogen-bond acceptors (Lipinski definition) is 3. The molecule has 0 fully saturated rings. The van der Waals surface area contributed by atoms with E-state index in [4.69, 9.17) is 9.26 Å². The topological polar surface area (TPSA) is 35.3 Å². The zero-order valence-corrected chi connectivity index (χ0v) is 15.3. The predicted molar refractivity (Wildman–Crippen MR) is 107 cm³/mol. The third-order valence-electron chi connectivity index (χ3n) is 4.36. The van der Waals surface area contributed by atoms with Crippen molar-refractivity contribution in [2.24, 2.45) is 0 Å². The first kappa shape index (κ1) is 18.0. The van der Waals surface area contributed by atoms with E-state index in [1.165, 1.54) is 19.3 Å². The number of hydrogen-bond donors (Lipinski definition) is 0. The highest BCUT2D eigenvalue weighted by Gasteiger charge is 2.09. The molecule has 3 rings (SSSR count). The van der Waals surface area contributed by atoms with Gasteiger partial charge in [-0.3, -0.25) is 0 Å². The van der Waals surface area contributed by atoms with Gasteiger partial charge in [-0.2, -0.15) is 0 Å². The number of nitrogens with zero attached hydrogens (tertiary/aromatic N) is 1. The van der Waals surface area contributed by atoms with E-state index in [1.54, 1.807) is 0 Å². The van der Waals surface area contributed by atoms with Crippen LogP contribution in [0, 0.1) is 0 Å². The lowest BCUT2D eigenvalue weighted by atomic mass is 10.1. The third kappa shape index (κ3) is 4.63. The Bertz CT molecular complexity index is 816. The molecular formula is C23H25NO2. The van der Waals surface area contributed by atoms with Gasteiger partial charge in [-0.25, -0.2) is 0 Å². The molecule has 26 heavy (non-hydrogen) atoms. The van der Waals surface area contributed by atoms with Crippen molar-refractivity contribution in [3.63, 3.8) is 0 Å². The van der Waals surface area contributed by atoms with E-state index in [0.29, 0.717) is 0 Å². The smallest absolute Gasteiger partial charge is 0.167 e. The first-order chi connectivity index (χ1) is 12.8. The van der Waals surface area contributed by atoms with Gasteiger partial charge in [0, 0.05) is 17.2 Å². The highest BCUT2D eigenvalue weighted by Crippen LogP contribution is 2.27. The van der Waals surface area contributed by atoms with E-state index in [9.17, 15) is 0 Å². The van der Waals surface area contributed by atoms with Gasteiger partial charge in [-0.1, -0.05) is 68.3 Å². The summed E-state index contributed by atoms with van der Waals surface area (Å²) in [5, 5.41) is 4.19. The van der Waals surface area contributed by atoms with Crippen LogP contribution in [0.3, 0.4) is 0 Å². The molecule has 3 aromatic rings. The minimum atomic E-state index is 0.756. The maximum Gasteiger partial charge on any atom is 0.167 e. The fourth-order valence-corrected chi connectivity index (χ4v) is 2.77. The number of unbranched alkanes of at least 4 members (excludes halogenated alkanes) is 3. The first-order valence-electron chi connectivity index (χ1n) is 9.23. The Balaban J connectivity index is 1.62.